The molecular formula is C14H19NO3S. The zero-order valence-corrected chi connectivity index (χ0v) is 12.2. The monoisotopic (exact) mass is 281 g/mol. The van der Waals surface area contributed by atoms with Gasteiger partial charge in [-0.1, -0.05) is 26.0 Å². The van der Waals surface area contributed by atoms with Crippen LogP contribution in [0.1, 0.15) is 29.8 Å². The van der Waals surface area contributed by atoms with Crippen LogP contribution in [0.2, 0.25) is 0 Å². The highest BCUT2D eigenvalue weighted by atomic mass is 32.2. The Labute approximate surface area is 117 Å². The van der Waals surface area contributed by atoms with E-state index in [-0.39, 0.29) is 11.8 Å². The second kappa shape index (κ2) is 7.19. The molecule has 4 nitrogen and oxygen atoms in total. The molecule has 1 amide bonds. The molecule has 1 aromatic rings. The second-order valence-corrected chi connectivity index (χ2v) is 5.53. The van der Waals surface area contributed by atoms with Crippen molar-refractivity contribution in [1.82, 2.24) is 5.32 Å². The van der Waals surface area contributed by atoms with Crippen molar-refractivity contribution in [3.63, 3.8) is 0 Å². The number of hydrogen-bond donors (Lipinski definition) is 2. The summed E-state index contributed by atoms with van der Waals surface area (Å²) in [6.45, 7) is 3.53. The molecule has 0 heterocycles. The average Bonchev–Trinajstić information content (AvgIpc) is 2.36. The number of rotatable bonds is 6. The summed E-state index contributed by atoms with van der Waals surface area (Å²) in [5.74, 6) is -0.623. The summed E-state index contributed by atoms with van der Waals surface area (Å²) >= 11 is 1.71. The quantitative estimate of drug-likeness (QED) is 0.840. The van der Waals surface area contributed by atoms with Gasteiger partial charge in [-0.25, -0.2) is 4.79 Å². The first kappa shape index (κ1) is 15.6. The van der Waals surface area contributed by atoms with E-state index in [9.17, 15) is 9.59 Å². The maximum atomic E-state index is 12.0. The first-order valence-electron chi connectivity index (χ1n) is 6.07. The predicted molar refractivity (Wildman–Crippen MR) is 77.4 cm³/mol. The predicted octanol–water partition coefficient (Wildman–Crippen LogP) is 2.39. The highest BCUT2D eigenvalue weighted by molar-refractivity contribution is 7.97. The van der Waals surface area contributed by atoms with Crippen molar-refractivity contribution in [2.75, 3.05) is 6.26 Å². The van der Waals surface area contributed by atoms with Crippen LogP contribution in [0.4, 0.5) is 0 Å². The summed E-state index contributed by atoms with van der Waals surface area (Å²) in [5, 5.41) is 11.6. The number of carbonyl (C=O) groups excluding carboxylic acids is 1. The molecule has 0 spiro atoms. The Morgan fingerprint density at radius 3 is 2.26 bits per heavy atom. The molecule has 104 valence electrons. The van der Waals surface area contributed by atoms with E-state index in [2.05, 4.69) is 5.32 Å². The fourth-order valence-corrected chi connectivity index (χ4v) is 2.18. The molecule has 1 rings (SSSR count). The number of thioether (sulfide) groups is 1. The van der Waals surface area contributed by atoms with Crippen molar-refractivity contribution >= 4 is 23.6 Å². The summed E-state index contributed by atoms with van der Waals surface area (Å²) < 4.78 is 0. The van der Waals surface area contributed by atoms with Gasteiger partial charge in [-0.05, 0) is 29.9 Å². The fraction of sp³-hybridized carbons (Fsp3) is 0.429. The van der Waals surface area contributed by atoms with Gasteiger partial charge in [0.2, 0.25) is 0 Å². The average molecular weight is 281 g/mol. The highest BCUT2D eigenvalue weighted by Gasteiger charge is 2.23. The Morgan fingerprint density at radius 1 is 1.26 bits per heavy atom. The minimum Gasteiger partial charge on any atom is -0.480 e. The van der Waals surface area contributed by atoms with E-state index in [1.807, 2.05) is 18.4 Å². The highest BCUT2D eigenvalue weighted by Crippen LogP contribution is 2.11. The molecule has 2 N–H and O–H groups in total. The molecule has 5 heteroatoms. The lowest BCUT2D eigenvalue weighted by Crippen LogP contribution is -2.44. The smallest absolute Gasteiger partial charge is 0.326 e. The van der Waals surface area contributed by atoms with E-state index in [0.717, 1.165) is 11.3 Å². The Hall–Kier alpha value is -1.49. The van der Waals surface area contributed by atoms with E-state index in [1.165, 1.54) is 0 Å². The Morgan fingerprint density at radius 2 is 1.84 bits per heavy atom. The van der Waals surface area contributed by atoms with Gasteiger partial charge >= 0.3 is 5.97 Å². The van der Waals surface area contributed by atoms with Crippen LogP contribution in [-0.4, -0.2) is 29.3 Å². The summed E-state index contributed by atoms with van der Waals surface area (Å²) in [5.41, 5.74) is 1.62. The van der Waals surface area contributed by atoms with Gasteiger partial charge in [0.1, 0.15) is 6.04 Å². The number of nitrogens with one attached hydrogen (secondary N) is 1. The van der Waals surface area contributed by atoms with E-state index >= 15 is 0 Å². The molecule has 1 atom stereocenters. The second-order valence-electron chi connectivity index (χ2n) is 4.66. The third kappa shape index (κ3) is 4.59. The van der Waals surface area contributed by atoms with Gasteiger partial charge in [-0.3, -0.25) is 4.79 Å². The first-order valence-corrected chi connectivity index (χ1v) is 7.46. The summed E-state index contributed by atoms with van der Waals surface area (Å²) in [6, 6.07) is 6.35. The number of carboxylic acid groups (broad SMARTS) is 1. The van der Waals surface area contributed by atoms with Gasteiger partial charge < -0.3 is 10.4 Å². The zero-order valence-electron chi connectivity index (χ0n) is 11.3. The zero-order chi connectivity index (χ0) is 14.4. The van der Waals surface area contributed by atoms with Gasteiger partial charge in [0.25, 0.3) is 5.91 Å². The minimum atomic E-state index is -1.01. The number of amides is 1. The van der Waals surface area contributed by atoms with E-state index in [4.69, 9.17) is 5.11 Å². The molecule has 0 aliphatic rings. The van der Waals surface area contributed by atoms with Crippen LogP contribution in [0.3, 0.4) is 0 Å². The lowest BCUT2D eigenvalue weighted by molar-refractivity contribution is -0.140. The van der Waals surface area contributed by atoms with E-state index in [1.54, 1.807) is 37.7 Å². The topological polar surface area (TPSA) is 66.4 Å². The van der Waals surface area contributed by atoms with Crippen LogP contribution in [0, 0.1) is 5.92 Å². The molecule has 0 bridgehead atoms. The molecule has 0 radical (unpaired) electrons. The molecule has 0 aliphatic carbocycles. The third-order valence-electron chi connectivity index (χ3n) is 2.75. The molecule has 0 fully saturated rings. The SMILES string of the molecule is CSCc1ccc(C(=O)N[C@H](C(=O)O)C(C)C)cc1. The Kier molecular flexibility index (Phi) is 5.89. The maximum Gasteiger partial charge on any atom is 0.326 e. The van der Waals surface area contributed by atoms with E-state index in [0.29, 0.717) is 5.56 Å². The van der Waals surface area contributed by atoms with Crippen molar-refractivity contribution in [2.24, 2.45) is 5.92 Å². The van der Waals surface area contributed by atoms with Crippen LogP contribution in [-0.2, 0) is 10.5 Å². The van der Waals surface area contributed by atoms with Crippen LogP contribution >= 0.6 is 11.8 Å². The van der Waals surface area contributed by atoms with Crippen molar-refractivity contribution in [3.8, 4) is 0 Å². The maximum absolute atomic E-state index is 12.0. The number of carbonyl (C=O) groups is 2. The van der Waals surface area contributed by atoms with Crippen molar-refractivity contribution in [1.29, 1.82) is 0 Å². The van der Waals surface area contributed by atoms with Crippen LogP contribution in [0.25, 0.3) is 0 Å². The van der Waals surface area contributed by atoms with Gasteiger partial charge in [-0.2, -0.15) is 11.8 Å². The normalized spacial score (nSPS) is 12.2. The van der Waals surface area contributed by atoms with Gasteiger partial charge in [0.15, 0.2) is 0 Å². The van der Waals surface area contributed by atoms with Gasteiger partial charge in [0.05, 0.1) is 0 Å². The summed E-state index contributed by atoms with van der Waals surface area (Å²) in [7, 11) is 0. The Bertz CT molecular complexity index is 443. The molecule has 0 aliphatic heterocycles. The first-order chi connectivity index (χ1) is 8.95. The molecule has 0 saturated carbocycles. The summed E-state index contributed by atoms with van der Waals surface area (Å²) in [4.78, 5) is 23.0. The van der Waals surface area contributed by atoms with Crippen molar-refractivity contribution in [2.45, 2.75) is 25.6 Å². The van der Waals surface area contributed by atoms with Crippen LogP contribution < -0.4 is 5.32 Å². The van der Waals surface area contributed by atoms with Gasteiger partial charge in [-0.15, -0.1) is 0 Å². The number of carboxylic acids is 1. The van der Waals surface area contributed by atoms with Crippen molar-refractivity contribution in [3.05, 3.63) is 35.4 Å². The minimum absolute atomic E-state index is 0.155. The molecule has 0 saturated heterocycles. The third-order valence-corrected chi connectivity index (χ3v) is 3.37. The van der Waals surface area contributed by atoms with Crippen LogP contribution in [0.15, 0.2) is 24.3 Å². The number of aliphatic carboxylic acids is 1. The standard InChI is InChI=1S/C14H19NO3S/c1-9(2)12(14(17)18)15-13(16)11-6-4-10(5-7-11)8-19-3/h4-7,9,12H,8H2,1-3H3,(H,15,16)(H,17,18)/t12-/m0/s1. The number of benzene rings is 1. The molecule has 19 heavy (non-hydrogen) atoms. The van der Waals surface area contributed by atoms with Gasteiger partial charge in [0, 0.05) is 11.3 Å². The molecule has 0 aromatic heterocycles. The fourth-order valence-electron chi connectivity index (χ4n) is 1.66. The number of hydrogen-bond acceptors (Lipinski definition) is 3. The molecular weight excluding hydrogens is 262 g/mol. The van der Waals surface area contributed by atoms with Crippen LogP contribution in [0.5, 0.6) is 0 Å². The van der Waals surface area contributed by atoms with Crippen molar-refractivity contribution < 1.29 is 14.7 Å². The largest absolute Gasteiger partial charge is 0.480 e. The van der Waals surface area contributed by atoms with E-state index < -0.39 is 12.0 Å². The molecule has 1 aromatic carbocycles. The Balaban J connectivity index is 2.74. The lowest BCUT2D eigenvalue weighted by atomic mass is 10.0. The summed E-state index contributed by atoms with van der Waals surface area (Å²) in [6.07, 6.45) is 2.01. The molecule has 0 unspecified atom stereocenters. The lowest BCUT2D eigenvalue weighted by Gasteiger charge is -2.17.